The van der Waals surface area contributed by atoms with E-state index in [0.717, 1.165) is 35.5 Å². The van der Waals surface area contributed by atoms with Crippen LogP contribution in [0, 0.1) is 0 Å². The zero-order valence-electron chi connectivity index (χ0n) is 9.28. The Hall–Kier alpha value is -1.56. The Morgan fingerprint density at radius 2 is 2.29 bits per heavy atom. The minimum Gasteiger partial charge on any atom is -0.396 e. The Morgan fingerprint density at radius 1 is 1.41 bits per heavy atom. The molecule has 2 aromatic heterocycles. The molecule has 0 aliphatic carbocycles. The van der Waals surface area contributed by atoms with E-state index < -0.39 is 0 Å². The zero-order valence-corrected chi connectivity index (χ0v) is 10.9. The van der Waals surface area contributed by atoms with Crippen LogP contribution >= 0.6 is 15.9 Å². The predicted octanol–water partition coefficient (Wildman–Crippen LogP) is 2.19. The van der Waals surface area contributed by atoms with E-state index in [2.05, 4.69) is 36.2 Å². The van der Waals surface area contributed by atoms with E-state index in [9.17, 15) is 0 Å². The molecule has 2 rings (SSSR count). The second-order valence-electron chi connectivity index (χ2n) is 3.66. The number of anilines is 2. The molecule has 0 amide bonds. The quantitative estimate of drug-likeness (QED) is 0.739. The minimum absolute atomic E-state index is 0.650. The van der Waals surface area contributed by atoms with Crippen LogP contribution in [-0.4, -0.2) is 21.5 Å². The number of nitrogen functional groups attached to an aromatic ring is 1. The summed E-state index contributed by atoms with van der Waals surface area (Å²) in [5.41, 5.74) is 6.48. The van der Waals surface area contributed by atoms with Gasteiger partial charge in [-0.25, -0.2) is 9.97 Å². The first kappa shape index (κ1) is 11.9. The molecule has 0 unspecified atom stereocenters. The minimum atomic E-state index is 0.650. The van der Waals surface area contributed by atoms with Crippen molar-refractivity contribution < 1.29 is 0 Å². The summed E-state index contributed by atoms with van der Waals surface area (Å²) in [7, 11) is 0. The maximum atomic E-state index is 5.82. The third-order valence-electron chi connectivity index (χ3n) is 2.32. The number of H-pyrrole nitrogens is 1. The van der Waals surface area contributed by atoms with Crippen molar-refractivity contribution in [1.29, 1.82) is 0 Å². The fourth-order valence-electron chi connectivity index (χ4n) is 1.50. The molecule has 2 aromatic rings. The molecular weight excluding hydrogens is 282 g/mol. The van der Waals surface area contributed by atoms with Crippen molar-refractivity contribution >= 4 is 27.4 Å². The van der Waals surface area contributed by atoms with Gasteiger partial charge < -0.3 is 16.0 Å². The largest absolute Gasteiger partial charge is 0.396 e. The number of nitrogens with one attached hydrogen (secondary N) is 2. The Bertz CT molecular complexity index is 469. The molecule has 5 nitrogen and oxygen atoms in total. The highest BCUT2D eigenvalue weighted by molar-refractivity contribution is 9.10. The first-order valence-electron chi connectivity index (χ1n) is 5.39. The van der Waals surface area contributed by atoms with Gasteiger partial charge >= 0.3 is 0 Å². The smallest absolute Gasteiger partial charge is 0.149 e. The van der Waals surface area contributed by atoms with Crippen molar-refractivity contribution in [2.24, 2.45) is 0 Å². The van der Waals surface area contributed by atoms with Crippen LogP contribution in [0.1, 0.15) is 12.2 Å². The molecule has 90 valence electrons. The summed E-state index contributed by atoms with van der Waals surface area (Å²) in [6, 6.07) is 1.84. The highest BCUT2D eigenvalue weighted by Gasteiger charge is 2.01. The lowest BCUT2D eigenvalue weighted by molar-refractivity contribution is 0.814. The lowest BCUT2D eigenvalue weighted by atomic mass is 10.3. The predicted molar refractivity (Wildman–Crippen MR) is 71.7 cm³/mol. The first-order chi connectivity index (χ1) is 8.25. The lowest BCUT2D eigenvalue weighted by Gasteiger charge is -2.07. The van der Waals surface area contributed by atoms with E-state index >= 15 is 0 Å². The van der Waals surface area contributed by atoms with Crippen molar-refractivity contribution in [3.8, 4) is 0 Å². The van der Waals surface area contributed by atoms with Crippen molar-refractivity contribution in [3.05, 3.63) is 35.0 Å². The summed E-state index contributed by atoms with van der Waals surface area (Å²) >= 11 is 3.32. The van der Waals surface area contributed by atoms with Crippen molar-refractivity contribution in [1.82, 2.24) is 15.0 Å². The molecule has 0 aromatic carbocycles. The van der Waals surface area contributed by atoms with Gasteiger partial charge in [-0.1, -0.05) is 0 Å². The highest BCUT2D eigenvalue weighted by Crippen LogP contribution is 2.19. The standard InChI is InChI=1S/C11H14BrN5/c12-8-6-9(13)11(17-7-8)16-3-1-2-10-14-4-5-15-10/h4-7H,1-3,13H2,(H,14,15)(H,16,17). The zero-order chi connectivity index (χ0) is 12.1. The third kappa shape index (κ3) is 3.45. The van der Waals surface area contributed by atoms with Gasteiger partial charge in [0.15, 0.2) is 0 Å². The number of aromatic nitrogens is 3. The van der Waals surface area contributed by atoms with E-state index in [1.54, 1.807) is 12.4 Å². The topological polar surface area (TPSA) is 79.6 Å². The fraction of sp³-hybridized carbons (Fsp3) is 0.273. The Kier molecular flexibility index (Phi) is 3.98. The summed E-state index contributed by atoms with van der Waals surface area (Å²) < 4.78 is 0.885. The van der Waals surface area contributed by atoms with Gasteiger partial charge in [0.05, 0.1) is 5.69 Å². The van der Waals surface area contributed by atoms with Gasteiger partial charge in [0.2, 0.25) is 0 Å². The van der Waals surface area contributed by atoms with Crippen LogP contribution in [0.3, 0.4) is 0 Å². The average Bonchev–Trinajstić information content (AvgIpc) is 2.79. The molecule has 0 spiro atoms. The summed E-state index contributed by atoms with van der Waals surface area (Å²) in [6.07, 6.45) is 7.21. The number of hydrogen-bond acceptors (Lipinski definition) is 4. The van der Waals surface area contributed by atoms with Gasteiger partial charge in [-0.3, -0.25) is 0 Å². The van der Waals surface area contributed by atoms with Crippen molar-refractivity contribution in [2.45, 2.75) is 12.8 Å². The molecule has 0 saturated heterocycles. The second-order valence-corrected chi connectivity index (χ2v) is 4.57. The van der Waals surface area contributed by atoms with Crippen LogP contribution < -0.4 is 11.1 Å². The van der Waals surface area contributed by atoms with E-state index in [4.69, 9.17) is 5.73 Å². The number of hydrogen-bond donors (Lipinski definition) is 3. The third-order valence-corrected chi connectivity index (χ3v) is 2.76. The molecule has 6 heteroatoms. The fourth-order valence-corrected chi connectivity index (χ4v) is 1.85. The molecule has 0 saturated carbocycles. The molecule has 4 N–H and O–H groups in total. The van der Waals surface area contributed by atoms with Gasteiger partial charge in [-0.05, 0) is 28.4 Å². The monoisotopic (exact) mass is 295 g/mol. The van der Waals surface area contributed by atoms with Gasteiger partial charge in [0, 0.05) is 36.0 Å². The normalized spacial score (nSPS) is 10.4. The van der Waals surface area contributed by atoms with E-state index in [1.165, 1.54) is 0 Å². The molecule has 0 aliphatic rings. The van der Waals surface area contributed by atoms with Crippen LogP contribution in [0.15, 0.2) is 29.1 Å². The average molecular weight is 296 g/mol. The van der Waals surface area contributed by atoms with Crippen LogP contribution in [0.4, 0.5) is 11.5 Å². The van der Waals surface area contributed by atoms with E-state index in [0.29, 0.717) is 5.69 Å². The number of aryl methyl sites for hydroxylation is 1. The molecular formula is C11H14BrN5. The van der Waals surface area contributed by atoms with E-state index in [1.807, 2.05) is 12.3 Å². The molecule has 0 radical (unpaired) electrons. The summed E-state index contributed by atoms with van der Waals surface area (Å²) in [5.74, 6) is 1.73. The number of nitrogens with zero attached hydrogens (tertiary/aromatic N) is 2. The molecule has 0 bridgehead atoms. The van der Waals surface area contributed by atoms with Gasteiger partial charge in [0.1, 0.15) is 11.6 Å². The molecule has 0 atom stereocenters. The van der Waals surface area contributed by atoms with Gasteiger partial charge in [-0.15, -0.1) is 0 Å². The highest BCUT2D eigenvalue weighted by atomic mass is 79.9. The van der Waals surface area contributed by atoms with Crippen LogP contribution in [0.25, 0.3) is 0 Å². The van der Waals surface area contributed by atoms with Crippen molar-refractivity contribution in [3.63, 3.8) is 0 Å². The Labute approximate surface area is 108 Å². The maximum absolute atomic E-state index is 5.82. The van der Waals surface area contributed by atoms with Crippen LogP contribution in [-0.2, 0) is 6.42 Å². The van der Waals surface area contributed by atoms with Crippen molar-refractivity contribution in [2.75, 3.05) is 17.6 Å². The lowest BCUT2D eigenvalue weighted by Crippen LogP contribution is -2.07. The second kappa shape index (κ2) is 5.67. The Balaban J connectivity index is 1.78. The van der Waals surface area contributed by atoms with Crippen LogP contribution in [0.2, 0.25) is 0 Å². The number of rotatable bonds is 5. The molecule has 17 heavy (non-hydrogen) atoms. The van der Waals surface area contributed by atoms with E-state index in [-0.39, 0.29) is 0 Å². The SMILES string of the molecule is Nc1cc(Br)cnc1NCCCc1ncc[nH]1. The first-order valence-corrected chi connectivity index (χ1v) is 6.18. The number of pyridine rings is 1. The van der Waals surface area contributed by atoms with Gasteiger partial charge in [-0.2, -0.15) is 0 Å². The Morgan fingerprint density at radius 3 is 3.00 bits per heavy atom. The number of imidazole rings is 1. The number of aromatic amines is 1. The summed E-state index contributed by atoms with van der Waals surface area (Å²) in [5, 5.41) is 3.20. The van der Waals surface area contributed by atoms with Gasteiger partial charge in [0.25, 0.3) is 0 Å². The maximum Gasteiger partial charge on any atom is 0.149 e. The van der Waals surface area contributed by atoms with Crippen LogP contribution in [0.5, 0.6) is 0 Å². The number of nitrogens with two attached hydrogens (primary N) is 1. The molecule has 2 heterocycles. The summed E-state index contributed by atoms with van der Waals surface area (Å²) in [6.45, 7) is 0.819. The molecule has 0 fully saturated rings. The summed E-state index contributed by atoms with van der Waals surface area (Å²) in [4.78, 5) is 11.4. The number of halogens is 1. The molecule has 0 aliphatic heterocycles.